The van der Waals surface area contributed by atoms with E-state index in [0.29, 0.717) is 10.6 Å². The van der Waals surface area contributed by atoms with Gasteiger partial charge in [-0.3, -0.25) is 4.68 Å². The lowest BCUT2D eigenvalue weighted by atomic mass is 10.2. The average molecular weight is 404 g/mol. The Labute approximate surface area is 152 Å². The summed E-state index contributed by atoms with van der Waals surface area (Å²) in [6.45, 7) is 3.90. The molecule has 1 aliphatic rings. The summed E-state index contributed by atoms with van der Waals surface area (Å²) in [7, 11) is -5.00. The van der Waals surface area contributed by atoms with Gasteiger partial charge in [-0.1, -0.05) is 6.07 Å². The molecule has 3 rings (SSSR count). The highest BCUT2D eigenvalue weighted by Gasteiger charge is 2.32. The fourth-order valence-electron chi connectivity index (χ4n) is 3.12. The summed E-state index contributed by atoms with van der Waals surface area (Å²) in [6.07, 6.45) is 0.549. The zero-order chi connectivity index (χ0) is 18.4. The lowest BCUT2D eigenvalue weighted by molar-refractivity contribution is 0.463. The van der Waals surface area contributed by atoms with Gasteiger partial charge in [0.1, 0.15) is 4.21 Å². The molecule has 1 atom stereocenters. The molecule has 1 aliphatic heterocycles. The number of aryl methyl sites for hydroxylation is 1. The van der Waals surface area contributed by atoms with Crippen LogP contribution >= 0.6 is 11.3 Å². The second kappa shape index (κ2) is 6.49. The molecule has 1 saturated heterocycles. The van der Waals surface area contributed by atoms with E-state index in [1.165, 1.54) is 15.6 Å². The Kier molecular flexibility index (Phi) is 4.82. The van der Waals surface area contributed by atoms with Crippen LogP contribution in [0, 0.1) is 13.8 Å². The molecule has 25 heavy (non-hydrogen) atoms. The van der Waals surface area contributed by atoms with Crippen molar-refractivity contribution in [2.45, 2.75) is 37.1 Å². The first-order valence-electron chi connectivity index (χ1n) is 7.86. The number of thiophene rings is 1. The maximum absolute atomic E-state index is 12.6. The topological polar surface area (TPSA) is 89.3 Å². The van der Waals surface area contributed by atoms with Crippen LogP contribution in [0.4, 0.5) is 0 Å². The van der Waals surface area contributed by atoms with E-state index >= 15 is 0 Å². The molecule has 138 valence electrons. The highest BCUT2D eigenvalue weighted by molar-refractivity contribution is 7.91. The molecule has 0 saturated carbocycles. The highest BCUT2D eigenvalue weighted by atomic mass is 32.2. The van der Waals surface area contributed by atoms with Gasteiger partial charge in [0.15, 0.2) is 9.84 Å². The number of hydrogen-bond donors (Lipinski definition) is 0. The maximum atomic E-state index is 12.6. The third-order valence-corrected chi connectivity index (χ3v) is 9.50. The predicted octanol–water partition coefficient (Wildman–Crippen LogP) is 1.74. The lowest BCUT2D eigenvalue weighted by Crippen LogP contribution is -2.26. The first-order valence-corrected chi connectivity index (χ1v) is 12.0. The van der Waals surface area contributed by atoms with Crippen molar-refractivity contribution in [3.63, 3.8) is 0 Å². The normalized spacial score (nSPS) is 20.4. The third kappa shape index (κ3) is 3.53. The molecule has 0 unspecified atom stereocenters. The van der Waals surface area contributed by atoms with Crippen LogP contribution in [0.3, 0.4) is 0 Å². The van der Waals surface area contributed by atoms with Crippen LogP contribution in [-0.2, 0) is 26.4 Å². The van der Waals surface area contributed by atoms with Gasteiger partial charge in [0.25, 0.3) is 10.0 Å². The van der Waals surface area contributed by atoms with Gasteiger partial charge in [-0.25, -0.2) is 16.8 Å². The number of sulfone groups is 1. The van der Waals surface area contributed by atoms with Gasteiger partial charge in [0, 0.05) is 24.8 Å². The van der Waals surface area contributed by atoms with Crippen LogP contribution in [-0.4, -0.2) is 49.5 Å². The Balaban J connectivity index is 1.87. The standard InChI is InChI=1S/C15H21N3O4S3/c1-11-14(9-17(3)25(21,22)15-5-4-7-23-15)12(2)18(16-11)13-6-8-24(19,20)10-13/h4-5,7,13H,6,8-10H2,1-3H3/t13-/m0/s1. The van der Waals surface area contributed by atoms with Crippen LogP contribution in [0.1, 0.15) is 29.4 Å². The van der Waals surface area contributed by atoms with Gasteiger partial charge in [0.05, 0.1) is 23.2 Å². The molecule has 0 radical (unpaired) electrons. The third-order valence-electron chi connectivity index (χ3n) is 4.57. The van der Waals surface area contributed by atoms with E-state index in [1.54, 1.807) is 29.2 Å². The number of hydrogen-bond acceptors (Lipinski definition) is 6. The van der Waals surface area contributed by atoms with Gasteiger partial charge in [-0.05, 0) is 31.7 Å². The molecule has 2 aromatic rings. The molecule has 0 N–H and O–H groups in total. The molecule has 1 fully saturated rings. The van der Waals surface area contributed by atoms with Crippen LogP contribution in [0.25, 0.3) is 0 Å². The van der Waals surface area contributed by atoms with Crippen LogP contribution < -0.4 is 0 Å². The molecule has 0 bridgehead atoms. The Hall–Kier alpha value is -1.23. The second-order valence-electron chi connectivity index (χ2n) is 6.34. The van der Waals surface area contributed by atoms with E-state index in [2.05, 4.69) is 5.10 Å². The molecule has 2 aromatic heterocycles. The molecule has 0 spiro atoms. The van der Waals surface area contributed by atoms with Gasteiger partial charge in [-0.15, -0.1) is 11.3 Å². The summed E-state index contributed by atoms with van der Waals surface area (Å²) < 4.78 is 52.0. The smallest absolute Gasteiger partial charge is 0.252 e. The molecule has 0 amide bonds. The molecule has 7 nitrogen and oxygen atoms in total. The summed E-state index contributed by atoms with van der Waals surface area (Å²) >= 11 is 1.19. The second-order valence-corrected chi connectivity index (χ2v) is 11.8. The Morgan fingerprint density at radius 2 is 2.12 bits per heavy atom. The molecular formula is C15H21N3O4S3. The van der Waals surface area contributed by atoms with Crippen LogP contribution in [0.2, 0.25) is 0 Å². The molecule has 10 heteroatoms. The van der Waals surface area contributed by atoms with Crippen LogP contribution in [0.15, 0.2) is 21.7 Å². The Morgan fingerprint density at radius 1 is 1.40 bits per heavy atom. The molecule has 0 aliphatic carbocycles. The fraction of sp³-hybridized carbons (Fsp3) is 0.533. The zero-order valence-electron chi connectivity index (χ0n) is 14.3. The van der Waals surface area contributed by atoms with E-state index in [0.717, 1.165) is 17.0 Å². The quantitative estimate of drug-likeness (QED) is 0.759. The van der Waals surface area contributed by atoms with Crippen molar-refractivity contribution in [3.8, 4) is 0 Å². The largest absolute Gasteiger partial charge is 0.265 e. The van der Waals surface area contributed by atoms with Crippen molar-refractivity contribution in [1.29, 1.82) is 0 Å². The maximum Gasteiger partial charge on any atom is 0.252 e. The first-order chi connectivity index (χ1) is 11.6. The highest BCUT2D eigenvalue weighted by Crippen LogP contribution is 2.28. The summed E-state index contributed by atoms with van der Waals surface area (Å²) in [6, 6.07) is 3.13. The van der Waals surface area contributed by atoms with E-state index in [4.69, 9.17) is 0 Å². The van der Waals surface area contributed by atoms with Gasteiger partial charge in [-0.2, -0.15) is 9.40 Å². The van der Waals surface area contributed by atoms with Gasteiger partial charge < -0.3 is 0 Å². The first kappa shape index (κ1) is 18.6. The fourth-order valence-corrected chi connectivity index (χ4v) is 7.15. The molecule has 3 heterocycles. The number of sulfonamides is 1. The minimum atomic E-state index is -3.54. The van der Waals surface area contributed by atoms with Crippen molar-refractivity contribution < 1.29 is 16.8 Å². The van der Waals surface area contributed by atoms with Crippen molar-refractivity contribution in [2.75, 3.05) is 18.6 Å². The Morgan fingerprint density at radius 3 is 2.68 bits per heavy atom. The summed E-state index contributed by atoms with van der Waals surface area (Å²) in [5.74, 6) is 0.274. The summed E-state index contributed by atoms with van der Waals surface area (Å²) in [5.41, 5.74) is 2.38. The average Bonchev–Trinajstić information content (AvgIpc) is 3.23. The van der Waals surface area contributed by atoms with Crippen molar-refractivity contribution in [2.24, 2.45) is 0 Å². The zero-order valence-corrected chi connectivity index (χ0v) is 16.8. The summed E-state index contributed by atoms with van der Waals surface area (Å²) in [5, 5.41) is 6.22. The van der Waals surface area contributed by atoms with E-state index in [1.807, 2.05) is 13.8 Å². The number of nitrogens with zero attached hydrogens (tertiary/aromatic N) is 3. The van der Waals surface area contributed by atoms with E-state index < -0.39 is 19.9 Å². The van der Waals surface area contributed by atoms with Gasteiger partial charge in [0.2, 0.25) is 0 Å². The Bertz CT molecular complexity index is 976. The SMILES string of the molecule is Cc1nn([C@H]2CCS(=O)(=O)C2)c(C)c1CN(C)S(=O)(=O)c1cccs1. The van der Waals surface area contributed by atoms with Crippen molar-refractivity contribution in [3.05, 3.63) is 34.5 Å². The van der Waals surface area contributed by atoms with E-state index in [-0.39, 0.29) is 24.1 Å². The van der Waals surface area contributed by atoms with Gasteiger partial charge >= 0.3 is 0 Å². The minimum Gasteiger partial charge on any atom is -0.265 e. The number of rotatable bonds is 5. The summed E-state index contributed by atoms with van der Waals surface area (Å²) in [4.78, 5) is 0. The number of aromatic nitrogens is 2. The van der Waals surface area contributed by atoms with Crippen molar-refractivity contribution >= 4 is 31.2 Å². The lowest BCUT2D eigenvalue weighted by Gasteiger charge is -2.17. The predicted molar refractivity (Wildman–Crippen MR) is 97.0 cm³/mol. The molecular weight excluding hydrogens is 382 g/mol. The van der Waals surface area contributed by atoms with Crippen molar-refractivity contribution in [1.82, 2.24) is 14.1 Å². The van der Waals surface area contributed by atoms with E-state index in [9.17, 15) is 16.8 Å². The monoisotopic (exact) mass is 403 g/mol. The van der Waals surface area contributed by atoms with Crippen LogP contribution in [0.5, 0.6) is 0 Å². The minimum absolute atomic E-state index is 0.0950. The molecule has 0 aromatic carbocycles.